The first-order valence-corrected chi connectivity index (χ1v) is 7.80. The van der Waals surface area contributed by atoms with Crippen LogP contribution < -0.4 is 5.32 Å². The zero-order valence-electron chi connectivity index (χ0n) is 13.2. The van der Waals surface area contributed by atoms with Crippen molar-refractivity contribution in [2.45, 2.75) is 40.2 Å². The fraction of sp³-hybridized carbons (Fsp3) is 0.368. The Morgan fingerprint density at radius 3 is 2.24 bits per heavy atom. The molecule has 0 aromatic heterocycles. The molecule has 0 unspecified atom stereocenters. The van der Waals surface area contributed by atoms with Crippen LogP contribution in [-0.4, -0.2) is 6.54 Å². The van der Waals surface area contributed by atoms with Crippen molar-refractivity contribution in [2.75, 3.05) is 6.54 Å². The lowest BCUT2D eigenvalue weighted by Gasteiger charge is -2.15. The van der Waals surface area contributed by atoms with Crippen LogP contribution in [0.25, 0.3) is 11.1 Å². The summed E-state index contributed by atoms with van der Waals surface area (Å²) in [5, 5.41) is 3.34. The van der Waals surface area contributed by atoms with Crippen molar-refractivity contribution in [2.24, 2.45) is 0 Å². The first-order chi connectivity index (χ1) is 10.2. The van der Waals surface area contributed by atoms with Crippen molar-refractivity contribution in [3.8, 4) is 11.1 Å². The second-order valence-electron chi connectivity index (χ2n) is 5.28. The average molecular weight is 285 g/mol. The Labute approximate surface area is 127 Å². The van der Waals surface area contributed by atoms with E-state index in [9.17, 15) is 4.39 Å². The van der Waals surface area contributed by atoms with Crippen LogP contribution in [-0.2, 0) is 19.4 Å². The number of hydrogen-bond donors (Lipinski definition) is 1. The molecule has 0 bridgehead atoms. The van der Waals surface area contributed by atoms with Crippen LogP contribution in [0.4, 0.5) is 4.39 Å². The highest BCUT2D eigenvalue weighted by Gasteiger charge is 2.11. The van der Waals surface area contributed by atoms with Gasteiger partial charge in [-0.25, -0.2) is 4.39 Å². The van der Waals surface area contributed by atoms with E-state index in [0.29, 0.717) is 0 Å². The van der Waals surface area contributed by atoms with E-state index in [4.69, 9.17) is 0 Å². The Morgan fingerprint density at radius 1 is 0.857 bits per heavy atom. The summed E-state index contributed by atoms with van der Waals surface area (Å²) in [4.78, 5) is 0. The molecule has 0 aliphatic carbocycles. The molecule has 112 valence electrons. The molecule has 2 aromatic rings. The van der Waals surface area contributed by atoms with Crippen LogP contribution in [0.3, 0.4) is 0 Å². The van der Waals surface area contributed by atoms with Crippen LogP contribution >= 0.6 is 0 Å². The Morgan fingerprint density at radius 2 is 1.57 bits per heavy atom. The van der Waals surface area contributed by atoms with Crippen LogP contribution in [0.2, 0.25) is 0 Å². The molecule has 0 amide bonds. The van der Waals surface area contributed by atoms with Crippen LogP contribution in [0.1, 0.15) is 37.5 Å². The van der Waals surface area contributed by atoms with E-state index in [0.717, 1.165) is 37.1 Å². The van der Waals surface area contributed by atoms with Gasteiger partial charge in [-0.3, -0.25) is 0 Å². The standard InChI is InChI=1S/C19H24FN/c1-4-14-7-8-15(5-2)18(11-14)19-12-17(20)10-9-16(19)13-21-6-3/h7-12,21H,4-6,13H2,1-3H3. The number of benzene rings is 2. The van der Waals surface area contributed by atoms with E-state index in [1.807, 2.05) is 6.07 Å². The highest BCUT2D eigenvalue weighted by molar-refractivity contribution is 5.71. The maximum atomic E-state index is 13.8. The number of halogens is 1. The van der Waals surface area contributed by atoms with Crippen molar-refractivity contribution >= 4 is 0 Å². The Balaban J connectivity index is 2.55. The van der Waals surface area contributed by atoms with Gasteiger partial charge in [0, 0.05) is 6.54 Å². The second-order valence-corrected chi connectivity index (χ2v) is 5.28. The highest BCUT2D eigenvalue weighted by atomic mass is 19.1. The van der Waals surface area contributed by atoms with Crippen LogP contribution in [0, 0.1) is 5.82 Å². The lowest BCUT2D eigenvalue weighted by Crippen LogP contribution is -2.12. The van der Waals surface area contributed by atoms with Crippen molar-refractivity contribution in [1.82, 2.24) is 5.32 Å². The molecule has 2 aromatic carbocycles. The number of rotatable bonds is 6. The van der Waals surface area contributed by atoms with Crippen molar-refractivity contribution < 1.29 is 4.39 Å². The zero-order chi connectivity index (χ0) is 15.2. The minimum atomic E-state index is -0.172. The summed E-state index contributed by atoms with van der Waals surface area (Å²) in [7, 11) is 0. The molecule has 2 rings (SSSR count). The minimum Gasteiger partial charge on any atom is -0.313 e. The van der Waals surface area contributed by atoms with E-state index >= 15 is 0 Å². The van der Waals surface area contributed by atoms with Gasteiger partial charge in [-0.15, -0.1) is 0 Å². The molecule has 0 aliphatic heterocycles. The van der Waals surface area contributed by atoms with E-state index in [1.165, 1.54) is 16.7 Å². The second kappa shape index (κ2) is 7.37. The Bertz CT molecular complexity index is 605. The smallest absolute Gasteiger partial charge is 0.123 e. The molecule has 1 N–H and O–H groups in total. The van der Waals surface area contributed by atoms with Gasteiger partial charge in [0.25, 0.3) is 0 Å². The molecule has 0 fully saturated rings. The quantitative estimate of drug-likeness (QED) is 0.809. The van der Waals surface area contributed by atoms with Gasteiger partial charge in [0.05, 0.1) is 0 Å². The molecule has 2 heteroatoms. The largest absolute Gasteiger partial charge is 0.313 e. The van der Waals surface area contributed by atoms with E-state index in [2.05, 4.69) is 44.3 Å². The molecule has 0 radical (unpaired) electrons. The number of nitrogens with one attached hydrogen (secondary N) is 1. The molecule has 0 saturated carbocycles. The molecule has 0 spiro atoms. The monoisotopic (exact) mass is 285 g/mol. The van der Waals surface area contributed by atoms with Gasteiger partial charge in [-0.05, 0) is 59.3 Å². The van der Waals surface area contributed by atoms with Crippen molar-refractivity contribution in [3.05, 3.63) is 58.9 Å². The minimum absolute atomic E-state index is 0.172. The van der Waals surface area contributed by atoms with Gasteiger partial charge in [-0.1, -0.05) is 45.0 Å². The molecular weight excluding hydrogens is 261 g/mol. The van der Waals surface area contributed by atoms with Crippen molar-refractivity contribution in [3.63, 3.8) is 0 Å². The molecular formula is C19H24FN. The third kappa shape index (κ3) is 3.70. The molecule has 1 nitrogen and oxygen atoms in total. The third-order valence-electron chi connectivity index (χ3n) is 3.89. The highest BCUT2D eigenvalue weighted by Crippen LogP contribution is 2.30. The van der Waals surface area contributed by atoms with E-state index in [1.54, 1.807) is 12.1 Å². The predicted octanol–water partition coefficient (Wildman–Crippen LogP) is 4.73. The molecule has 0 saturated heterocycles. The van der Waals surface area contributed by atoms with Crippen LogP contribution in [0.5, 0.6) is 0 Å². The SMILES string of the molecule is CCNCc1ccc(F)cc1-c1cc(CC)ccc1CC. The summed E-state index contributed by atoms with van der Waals surface area (Å²) in [5.41, 5.74) is 5.91. The first-order valence-electron chi connectivity index (χ1n) is 7.80. The summed E-state index contributed by atoms with van der Waals surface area (Å²) in [6, 6.07) is 11.7. The maximum Gasteiger partial charge on any atom is 0.123 e. The average Bonchev–Trinajstić information content (AvgIpc) is 2.53. The summed E-state index contributed by atoms with van der Waals surface area (Å²) >= 11 is 0. The Kier molecular flexibility index (Phi) is 5.51. The van der Waals surface area contributed by atoms with Gasteiger partial charge in [0.15, 0.2) is 0 Å². The van der Waals surface area contributed by atoms with E-state index < -0.39 is 0 Å². The molecule has 0 atom stereocenters. The lowest BCUT2D eigenvalue weighted by atomic mass is 9.92. The summed E-state index contributed by atoms with van der Waals surface area (Å²) in [5.74, 6) is -0.172. The lowest BCUT2D eigenvalue weighted by molar-refractivity contribution is 0.626. The van der Waals surface area contributed by atoms with Crippen LogP contribution in [0.15, 0.2) is 36.4 Å². The first kappa shape index (κ1) is 15.7. The fourth-order valence-electron chi connectivity index (χ4n) is 2.62. The third-order valence-corrected chi connectivity index (χ3v) is 3.89. The Hall–Kier alpha value is -1.67. The van der Waals surface area contributed by atoms with Gasteiger partial charge >= 0.3 is 0 Å². The maximum absolute atomic E-state index is 13.8. The van der Waals surface area contributed by atoms with E-state index in [-0.39, 0.29) is 5.82 Å². The van der Waals surface area contributed by atoms with Crippen molar-refractivity contribution in [1.29, 1.82) is 0 Å². The zero-order valence-corrected chi connectivity index (χ0v) is 13.2. The van der Waals surface area contributed by atoms with Gasteiger partial charge < -0.3 is 5.32 Å². The summed E-state index contributed by atoms with van der Waals surface area (Å²) in [6.07, 6.45) is 1.95. The number of hydrogen-bond acceptors (Lipinski definition) is 1. The predicted molar refractivity (Wildman–Crippen MR) is 88.0 cm³/mol. The topological polar surface area (TPSA) is 12.0 Å². The van der Waals surface area contributed by atoms with Gasteiger partial charge in [0.2, 0.25) is 0 Å². The van der Waals surface area contributed by atoms with Gasteiger partial charge in [-0.2, -0.15) is 0 Å². The summed E-state index contributed by atoms with van der Waals surface area (Å²) in [6.45, 7) is 8.06. The molecule has 0 heterocycles. The molecule has 0 aliphatic rings. The number of aryl methyl sites for hydroxylation is 2. The summed E-state index contributed by atoms with van der Waals surface area (Å²) < 4.78 is 13.8. The van der Waals surface area contributed by atoms with Gasteiger partial charge in [0.1, 0.15) is 5.82 Å². The molecule has 21 heavy (non-hydrogen) atoms. The fourth-order valence-corrected chi connectivity index (χ4v) is 2.62. The normalized spacial score (nSPS) is 10.9.